The Hall–Kier alpha value is -2.98. The largest absolute Gasteiger partial charge is 0.478 e. The highest BCUT2D eigenvalue weighted by Gasteiger charge is 2.39. The third-order valence-corrected chi connectivity index (χ3v) is 9.72. The minimum atomic E-state index is -0.969. The highest BCUT2D eigenvalue weighted by molar-refractivity contribution is 8.01. The van der Waals surface area contributed by atoms with Gasteiger partial charge in [0.05, 0.1) is 21.6 Å². The van der Waals surface area contributed by atoms with Crippen molar-refractivity contribution < 1.29 is 29.4 Å². The molecule has 2 saturated heterocycles. The first-order chi connectivity index (χ1) is 18.2. The molecule has 2 aromatic rings. The summed E-state index contributed by atoms with van der Waals surface area (Å²) < 4.78 is 0. The molecule has 202 valence electrons. The fourth-order valence-electron chi connectivity index (χ4n) is 4.82. The molecule has 38 heavy (non-hydrogen) atoms. The number of carboxylic acids is 2. The van der Waals surface area contributed by atoms with Gasteiger partial charge in [-0.3, -0.25) is 9.59 Å². The number of carboxylic acid groups (broad SMARTS) is 2. The van der Waals surface area contributed by atoms with Crippen LogP contribution in [0.2, 0.25) is 0 Å². The molecule has 2 heterocycles. The number of amides is 2. The van der Waals surface area contributed by atoms with Gasteiger partial charge in [-0.05, 0) is 62.1 Å². The molecule has 0 saturated carbocycles. The van der Waals surface area contributed by atoms with Gasteiger partial charge in [-0.15, -0.1) is 23.5 Å². The van der Waals surface area contributed by atoms with Gasteiger partial charge in [-0.25, -0.2) is 9.59 Å². The summed E-state index contributed by atoms with van der Waals surface area (Å²) in [6.45, 7) is 5.08. The van der Waals surface area contributed by atoms with Crippen LogP contribution in [0.5, 0.6) is 0 Å². The Labute approximate surface area is 230 Å². The van der Waals surface area contributed by atoms with Crippen LogP contribution >= 0.6 is 23.5 Å². The second-order valence-corrected chi connectivity index (χ2v) is 12.4. The van der Waals surface area contributed by atoms with Crippen LogP contribution in [0.1, 0.15) is 82.1 Å². The summed E-state index contributed by atoms with van der Waals surface area (Å²) >= 11 is 3.17. The number of rotatable bonds is 11. The van der Waals surface area contributed by atoms with Gasteiger partial charge in [0.2, 0.25) is 11.8 Å². The molecule has 2 N–H and O–H groups in total. The summed E-state index contributed by atoms with van der Waals surface area (Å²) in [5.41, 5.74) is 2.32. The summed E-state index contributed by atoms with van der Waals surface area (Å²) in [5, 5.41) is 17.8. The first-order valence-electron chi connectivity index (χ1n) is 12.8. The lowest BCUT2D eigenvalue weighted by molar-refractivity contribution is -0.130. The summed E-state index contributed by atoms with van der Waals surface area (Å²) in [4.78, 5) is 51.7. The van der Waals surface area contributed by atoms with E-state index in [-0.39, 0.29) is 44.2 Å². The lowest BCUT2D eigenvalue weighted by Gasteiger charge is -2.25. The Bertz CT molecular complexity index is 1090. The van der Waals surface area contributed by atoms with Crippen LogP contribution in [-0.4, -0.2) is 67.4 Å². The average Bonchev–Trinajstić information content (AvgIpc) is 3.35. The lowest BCUT2D eigenvalue weighted by Crippen LogP contribution is -2.32. The minimum Gasteiger partial charge on any atom is -0.478 e. The monoisotopic (exact) mass is 556 g/mol. The molecule has 0 bridgehead atoms. The maximum atomic E-state index is 12.8. The zero-order valence-corrected chi connectivity index (χ0v) is 23.0. The van der Waals surface area contributed by atoms with Gasteiger partial charge in [-0.2, -0.15) is 0 Å². The van der Waals surface area contributed by atoms with E-state index in [9.17, 15) is 19.2 Å². The molecule has 0 aliphatic carbocycles. The number of carbonyl (C=O) groups excluding carboxylic acids is 2. The van der Waals surface area contributed by atoms with E-state index in [2.05, 4.69) is 0 Å². The van der Waals surface area contributed by atoms with E-state index < -0.39 is 11.9 Å². The Kier molecular flexibility index (Phi) is 9.04. The Morgan fingerprint density at radius 1 is 0.658 bits per heavy atom. The van der Waals surface area contributed by atoms with E-state index in [1.807, 2.05) is 23.6 Å². The maximum Gasteiger partial charge on any atom is 0.335 e. The van der Waals surface area contributed by atoms with E-state index in [0.717, 1.165) is 36.8 Å². The number of hydrogen-bond acceptors (Lipinski definition) is 6. The van der Waals surface area contributed by atoms with Crippen LogP contribution in [0, 0.1) is 0 Å². The number of thioether (sulfide) groups is 2. The van der Waals surface area contributed by atoms with Crippen molar-refractivity contribution in [2.45, 2.75) is 60.8 Å². The number of nitrogens with zero attached hydrogens (tertiary/aromatic N) is 2. The van der Waals surface area contributed by atoms with E-state index >= 15 is 0 Å². The molecule has 0 radical (unpaired) electrons. The van der Waals surface area contributed by atoms with Crippen LogP contribution in [0.3, 0.4) is 0 Å². The van der Waals surface area contributed by atoms with Gasteiger partial charge in [0.1, 0.15) is 10.7 Å². The molecular weight excluding hydrogens is 524 g/mol. The normalized spacial score (nSPS) is 23.3. The molecule has 2 fully saturated rings. The zero-order valence-electron chi connectivity index (χ0n) is 21.4. The molecule has 0 spiro atoms. The Balaban J connectivity index is 1.27. The van der Waals surface area contributed by atoms with Gasteiger partial charge in [0.25, 0.3) is 0 Å². The van der Waals surface area contributed by atoms with Crippen LogP contribution < -0.4 is 0 Å². The second kappa shape index (κ2) is 12.3. The van der Waals surface area contributed by atoms with Crippen molar-refractivity contribution in [2.24, 2.45) is 0 Å². The molecule has 4 unspecified atom stereocenters. The maximum absolute atomic E-state index is 12.8. The first kappa shape index (κ1) is 28.0. The molecule has 0 aromatic heterocycles. The summed E-state index contributed by atoms with van der Waals surface area (Å²) in [6, 6.07) is 13.5. The highest BCUT2D eigenvalue weighted by Crippen LogP contribution is 2.44. The van der Waals surface area contributed by atoms with Gasteiger partial charge >= 0.3 is 11.9 Å². The van der Waals surface area contributed by atoms with E-state index in [0.29, 0.717) is 13.1 Å². The van der Waals surface area contributed by atoms with Crippen molar-refractivity contribution in [1.82, 2.24) is 9.80 Å². The SMILES string of the molecule is CC1SC(c2ccc(C(=O)O)cc2)N(CCCCCCN2C(=O)C(C)SC2c2ccc(C(=O)O)cc2)C1=O. The van der Waals surface area contributed by atoms with E-state index in [1.54, 1.807) is 72.1 Å². The first-order valence-corrected chi connectivity index (χ1v) is 14.6. The Morgan fingerprint density at radius 2 is 1.00 bits per heavy atom. The van der Waals surface area contributed by atoms with Crippen LogP contribution in [-0.2, 0) is 9.59 Å². The highest BCUT2D eigenvalue weighted by atomic mass is 32.2. The average molecular weight is 557 g/mol. The number of benzene rings is 2. The van der Waals surface area contributed by atoms with Crippen molar-refractivity contribution in [2.75, 3.05) is 13.1 Å². The fourth-order valence-corrected chi connectivity index (χ4v) is 7.44. The third-order valence-electron chi connectivity index (χ3n) is 6.93. The molecule has 4 rings (SSSR count). The minimum absolute atomic E-state index is 0.104. The summed E-state index contributed by atoms with van der Waals surface area (Å²) in [5.74, 6) is -1.73. The zero-order chi connectivity index (χ0) is 27.4. The third kappa shape index (κ3) is 6.18. The van der Waals surface area contributed by atoms with Crippen LogP contribution in [0.4, 0.5) is 0 Å². The number of unbranched alkanes of at least 4 members (excludes halogenated alkanes) is 3. The number of carbonyl (C=O) groups is 4. The molecule has 2 aliphatic rings. The van der Waals surface area contributed by atoms with E-state index in [1.165, 1.54) is 0 Å². The standard InChI is InChI=1S/C28H32N2O6S2/c1-17-23(31)29(25(37-17)19-7-11-21(12-8-19)27(33)34)15-5-3-4-6-16-30-24(32)18(2)38-26(30)20-9-13-22(14-10-20)28(35)36/h7-14,17-18,25-26H,3-6,15-16H2,1-2H3,(H,33,34)(H,35,36). The van der Waals surface area contributed by atoms with Gasteiger partial charge in [-0.1, -0.05) is 37.1 Å². The van der Waals surface area contributed by atoms with Gasteiger partial charge in [0.15, 0.2) is 0 Å². The second-order valence-electron chi connectivity index (χ2n) is 9.59. The van der Waals surface area contributed by atoms with Crippen molar-refractivity contribution >= 4 is 47.3 Å². The smallest absolute Gasteiger partial charge is 0.335 e. The molecule has 2 aliphatic heterocycles. The number of aromatic carboxylic acids is 2. The summed E-state index contributed by atoms with van der Waals surface area (Å²) in [6.07, 6.45) is 3.55. The number of hydrogen-bond donors (Lipinski definition) is 2. The quantitative estimate of drug-likeness (QED) is 0.360. The molecule has 2 aromatic carbocycles. The van der Waals surface area contributed by atoms with Gasteiger partial charge < -0.3 is 20.0 Å². The predicted molar refractivity (Wildman–Crippen MR) is 148 cm³/mol. The molecule has 2 amide bonds. The summed E-state index contributed by atoms with van der Waals surface area (Å²) in [7, 11) is 0. The predicted octanol–water partition coefficient (Wildman–Crippen LogP) is 5.27. The fraction of sp³-hybridized carbons (Fsp3) is 0.429. The van der Waals surface area contributed by atoms with Crippen LogP contribution in [0.15, 0.2) is 48.5 Å². The molecule has 8 nitrogen and oxygen atoms in total. The van der Waals surface area contributed by atoms with Crippen molar-refractivity contribution in [1.29, 1.82) is 0 Å². The lowest BCUT2D eigenvalue weighted by atomic mass is 10.1. The topological polar surface area (TPSA) is 115 Å². The molecule has 4 atom stereocenters. The van der Waals surface area contributed by atoms with Gasteiger partial charge in [0, 0.05) is 13.1 Å². The van der Waals surface area contributed by atoms with Crippen molar-refractivity contribution in [3.63, 3.8) is 0 Å². The van der Waals surface area contributed by atoms with E-state index in [4.69, 9.17) is 10.2 Å². The Morgan fingerprint density at radius 3 is 1.32 bits per heavy atom. The molecule has 10 heteroatoms. The van der Waals surface area contributed by atoms with Crippen molar-refractivity contribution in [3.8, 4) is 0 Å². The molecular formula is C28H32N2O6S2. The van der Waals surface area contributed by atoms with Crippen LogP contribution in [0.25, 0.3) is 0 Å². The van der Waals surface area contributed by atoms with Crippen molar-refractivity contribution in [3.05, 3.63) is 70.8 Å².